The van der Waals surface area contributed by atoms with Gasteiger partial charge in [0.2, 0.25) is 12.5 Å². The van der Waals surface area contributed by atoms with Crippen molar-refractivity contribution in [3.8, 4) is 28.7 Å². The lowest BCUT2D eigenvalue weighted by molar-refractivity contribution is 0.0950. The summed E-state index contributed by atoms with van der Waals surface area (Å²) in [6, 6.07) is 9.24. The van der Waals surface area contributed by atoms with E-state index in [2.05, 4.69) is 10.3 Å². The average Bonchev–Trinajstić information content (AvgIpc) is 3.36. The number of H-pyrrole nitrogens is 1. The van der Waals surface area contributed by atoms with Crippen LogP contribution < -0.4 is 29.0 Å². The molecule has 0 radical (unpaired) electrons. The lowest BCUT2D eigenvalue weighted by atomic mass is 10.1. The van der Waals surface area contributed by atoms with Gasteiger partial charge < -0.3 is 34.0 Å². The Morgan fingerprint density at radius 2 is 1.69 bits per heavy atom. The zero-order valence-electron chi connectivity index (χ0n) is 16.5. The van der Waals surface area contributed by atoms with Gasteiger partial charge in [0.05, 0.1) is 21.3 Å². The maximum absolute atomic E-state index is 12.5. The first-order chi connectivity index (χ1) is 14.1. The number of nitrogens with one attached hydrogen (secondary N) is 2. The van der Waals surface area contributed by atoms with Gasteiger partial charge in [-0.25, -0.2) is 0 Å². The Hall–Kier alpha value is -3.55. The van der Waals surface area contributed by atoms with Crippen molar-refractivity contribution in [3.63, 3.8) is 0 Å². The van der Waals surface area contributed by atoms with E-state index in [1.54, 1.807) is 27.4 Å². The molecular formula is C21H22N2O6. The van der Waals surface area contributed by atoms with Gasteiger partial charge >= 0.3 is 0 Å². The van der Waals surface area contributed by atoms with E-state index in [-0.39, 0.29) is 12.7 Å². The smallest absolute Gasteiger partial charge is 0.267 e. The minimum atomic E-state index is -0.185. The highest BCUT2D eigenvalue weighted by atomic mass is 16.7. The first-order valence-electron chi connectivity index (χ1n) is 9.12. The quantitative estimate of drug-likeness (QED) is 0.636. The highest BCUT2D eigenvalue weighted by molar-refractivity contribution is 5.98. The van der Waals surface area contributed by atoms with Crippen LogP contribution in [0.5, 0.6) is 28.7 Å². The Bertz CT molecular complexity index is 993. The number of aromatic nitrogens is 1. The second-order valence-electron chi connectivity index (χ2n) is 6.52. The van der Waals surface area contributed by atoms with Gasteiger partial charge in [-0.3, -0.25) is 4.79 Å². The van der Waals surface area contributed by atoms with E-state index in [9.17, 15) is 4.79 Å². The number of ether oxygens (including phenoxy) is 5. The number of hydrogen-bond donors (Lipinski definition) is 2. The molecule has 29 heavy (non-hydrogen) atoms. The molecule has 3 aromatic rings. The molecule has 0 fully saturated rings. The van der Waals surface area contributed by atoms with E-state index < -0.39 is 0 Å². The van der Waals surface area contributed by atoms with Crippen LogP contribution in [-0.2, 0) is 6.42 Å². The average molecular weight is 398 g/mol. The van der Waals surface area contributed by atoms with E-state index in [0.717, 1.165) is 16.5 Å². The maximum atomic E-state index is 12.5. The Morgan fingerprint density at radius 3 is 2.34 bits per heavy atom. The number of carbonyl (C=O) groups is 1. The van der Waals surface area contributed by atoms with Crippen LogP contribution in [0, 0.1) is 0 Å². The van der Waals surface area contributed by atoms with Gasteiger partial charge in [-0.2, -0.15) is 0 Å². The van der Waals surface area contributed by atoms with Gasteiger partial charge in [-0.1, -0.05) is 0 Å². The SMILES string of the molecule is COc1cc(CCNC(=O)c2cc3cc4c(cc3[nH]2)OCO4)cc(OC)c1OC. The standard InChI is InChI=1S/C21H22N2O6/c1-25-18-6-12(7-19(26-2)20(18)27-3)4-5-22-21(24)15-8-13-9-16-17(29-11-28-16)10-14(13)23-15/h6-10,23H,4-5,11H2,1-3H3,(H,22,24). The van der Waals surface area contributed by atoms with Crippen LogP contribution in [0.2, 0.25) is 0 Å². The third-order valence-corrected chi connectivity index (χ3v) is 4.78. The van der Waals surface area contributed by atoms with Crippen molar-refractivity contribution in [1.82, 2.24) is 10.3 Å². The van der Waals surface area contributed by atoms with E-state index >= 15 is 0 Å². The molecule has 2 aromatic carbocycles. The van der Waals surface area contributed by atoms with Crippen molar-refractivity contribution < 1.29 is 28.5 Å². The van der Waals surface area contributed by atoms with Crippen molar-refractivity contribution >= 4 is 16.8 Å². The van der Waals surface area contributed by atoms with Crippen LogP contribution in [-0.4, -0.2) is 45.6 Å². The van der Waals surface area contributed by atoms with Gasteiger partial charge in [0.15, 0.2) is 23.0 Å². The van der Waals surface area contributed by atoms with E-state index in [0.29, 0.717) is 47.4 Å². The number of fused-ring (bicyclic) bond motifs is 2. The van der Waals surface area contributed by atoms with Gasteiger partial charge in [-0.05, 0) is 36.2 Å². The summed E-state index contributed by atoms with van der Waals surface area (Å²) in [5.41, 5.74) is 2.26. The fraction of sp³-hybridized carbons (Fsp3) is 0.286. The number of hydrogen-bond acceptors (Lipinski definition) is 6. The Labute approximate surface area is 167 Å². The van der Waals surface area contributed by atoms with Crippen LogP contribution in [0.3, 0.4) is 0 Å². The normalized spacial score (nSPS) is 12.1. The molecule has 4 rings (SSSR count). The second kappa shape index (κ2) is 7.83. The summed E-state index contributed by atoms with van der Waals surface area (Å²) < 4.78 is 26.8. The van der Waals surface area contributed by atoms with Crippen LogP contribution >= 0.6 is 0 Å². The predicted molar refractivity (Wildman–Crippen MR) is 107 cm³/mol. The largest absolute Gasteiger partial charge is 0.493 e. The number of benzene rings is 2. The van der Waals surface area contributed by atoms with Crippen molar-refractivity contribution in [2.75, 3.05) is 34.7 Å². The molecule has 8 heteroatoms. The molecule has 1 amide bonds. The lowest BCUT2D eigenvalue weighted by Crippen LogP contribution is -2.25. The fourth-order valence-corrected chi connectivity index (χ4v) is 3.34. The van der Waals surface area contributed by atoms with Crippen molar-refractivity contribution in [1.29, 1.82) is 0 Å². The Morgan fingerprint density at radius 1 is 1.00 bits per heavy atom. The molecule has 2 N–H and O–H groups in total. The zero-order chi connectivity index (χ0) is 20.4. The number of rotatable bonds is 7. The molecule has 0 atom stereocenters. The van der Waals surface area contributed by atoms with Crippen LogP contribution in [0.15, 0.2) is 30.3 Å². The lowest BCUT2D eigenvalue weighted by Gasteiger charge is -2.14. The zero-order valence-corrected chi connectivity index (χ0v) is 16.5. The van der Waals surface area contributed by atoms with Crippen LogP contribution in [0.25, 0.3) is 10.9 Å². The molecule has 152 valence electrons. The molecular weight excluding hydrogens is 376 g/mol. The first kappa shape index (κ1) is 18.8. The molecule has 0 aliphatic carbocycles. The summed E-state index contributed by atoms with van der Waals surface area (Å²) in [6.07, 6.45) is 0.610. The molecule has 8 nitrogen and oxygen atoms in total. The topological polar surface area (TPSA) is 91.0 Å². The molecule has 0 saturated heterocycles. The molecule has 2 heterocycles. The predicted octanol–water partition coefficient (Wildman–Crippen LogP) is 2.89. The van der Waals surface area contributed by atoms with Gasteiger partial charge in [0, 0.05) is 23.5 Å². The summed E-state index contributed by atoms with van der Waals surface area (Å²) >= 11 is 0. The van der Waals surface area contributed by atoms with Crippen LogP contribution in [0.4, 0.5) is 0 Å². The van der Waals surface area contributed by atoms with E-state index in [4.69, 9.17) is 23.7 Å². The second-order valence-corrected chi connectivity index (χ2v) is 6.52. The first-order valence-corrected chi connectivity index (χ1v) is 9.12. The fourth-order valence-electron chi connectivity index (χ4n) is 3.34. The minimum absolute atomic E-state index is 0.185. The van der Waals surface area contributed by atoms with Crippen molar-refractivity contribution in [3.05, 3.63) is 41.6 Å². The molecule has 1 aliphatic rings. The van der Waals surface area contributed by atoms with Gasteiger partial charge in [0.25, 0.3) is 5.91 Å². The monoisotopic (exact) mass is 398 g/mol. The summed E-state index contributed by atoms with van der Waals surface area (Å²) in [5, 5.41) is 3.82. The molecule has 0 spiro atoms. The molecule has 0 bridgehead atoms. The van der Waals surface area contributed by atoms with Gasteiger partial charge in [0.1, 0.15) is 5.69 Å². The Kier molecular flexibility index (Phi) is 5.07. The highest BCUT2D eigenvalue weighted by Gasteiger charge is 2.17. The van der Waals surface area contributed by atoms with Gasteiger partial charge in [-0.15, -0.1) is 0 Å². The summed E-state index contributed by atoms with van der Waals surface area (Å²) in [5.74, 6) is 2.89. The number of methoxy groups -OCH3 is 3. The van der Waals surface area contributed by atoms with E-state index in [1.165, 1.54) is 0 Å². The van der Waals surface area contributed by atoms with E-state index in [1.807, 2.05) is 24.3 Å². The molecule has 0 unspecified atom stereocenters. The number of carbonyl (C=O) groups excluding carboxylic acids is 1. The summed E-state index contributed by atoms with van der Waals surface area (Å²) in [7, 11) is 4.71. The molecule has 1 aromatic heterocycles. The summed E-state index contributed by atoms with van der Waals surface area (Å²) in [6.45, 7) is 0.672. The third-order valence-electron chi connectivity index (χ3n) is 4.78. The molecule has 1 aliphatic heterocycles. The maximum Gasteiger partial charge on any atom is 0.267 e. The highest BCUT2D eigenvalue weighted by Crippen LogP contribution is 2.38. The Balaban J connectivity index is 1.43. The third kappa shape index (κ3) is 3.61. The van der Waals surface area contributed by atoms with Crippen molar-refractivity contribution in [2.45, 2.75) is 6.42 Å². The molecule has 0 saturated carbocycles. The number of aromatic amines is 1. The van der Waals surface area contributed by atoms with Crippen molar-refractivity contribution in [2.24, 2.45) is 0 Å². The van der Waals surface area contributed by atoms with Crippen LogP contribution in [0.1, 0.15) is 16.1 Å². The minimum Gasteiger partial charge on any atom is -0.493 e. The summed E-state index contributed by atoms with van der Waals surface area (Å²) in [4.78, 5) is 15.7. The number of amides is 1.